The Morgan fingerprint density at radius 2 is 1.82 bits per heavy atom. The quantitative estimate of drug-likeness (QED) is 0.396. The first-order valence-electron chi connectivity index (χ1n) is 13.0. The summed E-state index contributed by atoms with van der Waals surface area (Å²) in [5.41, 5.74) is -1.12. The molecule has 40 heavy (non-hydrogen) atoms. The molecule has 4 aliphatic rings. The lowest BCUT2D eigenvalue weighted by molar-refractivity contribution is -0.153. The number of fused-ring (bicyclic) bond motifs is 5. The van der Waals surface area contributed by atoms with Crippen molar-refractivity contribution in [2.75, 3.05) is 22.9 Å². The first-order valence-corrected chi connectivity index (χ1v) is 14.0. The van der Waals surface area contributed by atoms with Crippen molar-refractivity contribution in [2.45, 2.75) is 49.3 Å². The van der Waals surface area contributed by atoms with Crippen LogP contribution < -0.4 is 20.4 Å². The lowest BCUT2D eigenvalue weighted by Gasteiger charge is -2.55. The van der Waals surface area contributed by atoms with Crippen LogP contribution in [0.1, 0.15) is 30.2 Å². The van der Waals surface area contributed by atoms with Crippen molar-refractivity contribution < 1.29 is 33.1 Å². The Labute approximate surface area is 232 Å². The van der Waals surface area contributed by atoms with Crippen molar-refractivity contribution in [1.82, 2.24) is 15.8 Å². The van der Waals surface area contributed by atoms with Crippen LogP contribution in [0.3, 0.4) is 0 Å². The number of thioether (sulfide) groups is 1. The van der Waals surface area contributed by atoms with Crippen molar-refractivity contribution in [2.24, 2.45) is 5.41 Å². The standard InChI is InChI=1S/C27H26FN5O6S/c1-12-10-32-19-15(9-27(21(32)13(2)38-12)23(34)29-25(36)30-24(27)35)8-16-20(18(19)28)39-31-22(16)33-11-17(40-26(33)37)14-6-4-3-5-7-14/h3-8,12-13,17,21,26,37H,9-11H2,1-2H3,(H2,29,30,34,35,36)/t12-,13+,17-,21-,26?/m1/s1. The zero-order valence-corrected chi connectivity index (χ0v) is 22.4. The van der Waals surface area contributed by atoms with Gasteiger partial charge in [0, 0.05) is 19.5 Å². The summed E-state index contributed by atoms with van der Waals surface area (Å²) in [7, 11) is 0. The van der Waals surface area contributed by atoms with Gasteiger partial charge in [0.2, 0.25) is 17.4 Å². The summed E-state index contributed by atoms with van der Waals surface area (Å²) in [6, 6.07) is 9.65. The Bertz CT molecular complexity index is 1550. The van der Waals surface area contributed by atoms with Gasteiger partial charge in [-0.25, -0.2) is 9.18 Å². The molecule has 3 aromatic rings. The number of barbiturate groups is 1. The van der Waals surface area contributed by atoms with Crippen molar-refractivity contribution >= 4 is 52.1 Å². The first-order chi connectivity index (χ1) is 19.2. The van der Waals surface area contributed by atoms with Crippen LogP contribution in [-0.4, -0.2) is 65.0 Å². The number of nitrogens with one attached hydrogen (secondary N) is 2. The molecule has 4 amide bonds. The molecule has 2 aromatic carbocycles. The first kappa shape index (κ1) is 25.3. The normalized spacial score (nSPS) is 29.4. The predicted octanol–water partition coefficient (Wildman–Crippen LogP) is 2.43. The maximum absolute atomic E-state index is 16.4. The van der Waals surface area contributed by atoms with Crippen molar-refractivity contribution in [3.8, 4) is 0 Å². The van der Waals surface area contributed by atoms with Gasteiger partial charge in [-0.1, -0.05) is 47.3 Å². The van der Waals surface area contributed by atoms with Crippen LogP contribution in [-0.2, 0) is 20.7 Å². The Morgan fingerprint density at radius 3 is 2.55 bits per heavy atom. The minimum absolute atomic E-state index is 0.0436. The van der Waals surface area contributed by atoms with Crippen LogP contribution in [0, 0.1) is 11.2 Å². The lowest BCUT2D eigenvalue weighted by atomic mass is 9.66. The molecule has 5 atom stereocenters. The molecule has 1 unspecified atom stereocenters. The molecule has 1 spiro atoms. The van der Waals surface area contributed by atoms with Crippen LogP contribution in [0.25, 0.3) is 11.0 Å². The third-order valence-electron chi connectivity index (χ3n) is 8.30. The Balaban J connectivity index is 1.36. The van der Waals surface area contributed by atoms with Gasteiger partial charge in [0.1, 0.15) is 0 Å². The van der Waals surface area contributed by atoms with Crippen LogP contribution in [0.5, 0.6) is 0 Å². The largest absolute Gasteiger partial charge is 0.372 e. The molecule has 0 saturated carbocycles. The molecule has 208 valence electrons. The number of carbonyl (C=O) groups excluding carboxylic acids is 3. The smallest absolute Gasteiger partial charge is 0.328 e. The van der Waals surface area contributed by atoms with Gasteiger partial charge < -0.3 is 24.2 Å². The summed E-state index contributed by atoms with van der Waals surface area (Å²) in [5.74, 6) is -1.91. The number of halogens is 1. The van der Waals surface area contributed by atoms with E-state index in [0.717, 1.165) is 5.56 Å². The number of aromatic nitrogens is 1. The molecule has 0 aliphatic carbocycles. The number of rotatable bonds is 2. The van der Waals surface area contributed by atoms with Gasteiger partial charge in [0.25, 0.3) is 0 Å². The van der Waals surface area contributed by atoms with Crippen molar-refractivity contribution in [1.29, 1.82) is 0 Å². The minimum atomic E-state index is -1.74. The van der Waals surface area contributed by atoms with Gasteiger partial charge in [-0.2, -0.15) is 0 Å². The van der Waals surface area contributed by atoms with Crippen LogP contribution >= 0.6 is 11.8 Å². The number of imide groups is 2. The van der Waals surface area contributed by atoms with E-state index in [4.69, 9.17) is 9.26 Å². The SMILES string of the molecule is C[C@@H]1CN2c3c(cc4c(N5C[C@H](c6ccccc6)SC5O)noc4c3F)CC3(C(=O)NC(=O)NC3=O)[C@H]2[C@H](C)O1. The Hall–Kier alpha value is -3.68. The number of anilines is 2. The van der Waals surface area contributed by atoms with E-state index in [9.17, 15) is 19.5 Å². The summed E-state index contributed by atoms with van der Waals surface area (Å²) in [6.07, 6.45) is -1.12. The maximum Gasteiger partial charge on any atom is 0.328 e. The minimum Gasteiger partial charge on any atom is -0.372 e. The van der Waals surface area contributed by atoms with E-state index in [2.05, 4.69) is 15.8 Å². The second-order valence-electron chi connectivity index (χ2n) is 10.7. The highest BCUT2D eigenvalue weighted by Crippen LogP contribution is 2.51. The van der Waals surface area contributed by atoms with E-state index in [1.807, 2.05) is 37.3 Å². The number of hydrogen-bond acceptors (Lipinski definition) is 10. The third kappa shape index (κ3) is 3.50. The number of benzene rings is 2. The van der Waals surface area contributed by atoms with Gasteiger partial charge in [0.05, 0.1) is 34.6 Å². The number of aliphatic hydroxyl groups is 1. The Morgan fingerprint density at radius 1 is 1.10 bits per heavy atom. The van der Waals surface area contributed by atoms with Crippen molar-refractivity contribution in [3.63, 3.8) is 0 Å². The second-order valence-corrected chi connectivity index (χ2v) is 12.0. The number of morpholine rings is 1. The predicted molar refractivity (Wildman–Crippen MR) is 143 cm³/mol. The molecule has 0 bridgehead atoms. The zero-order valence-electron chi connectivity index (χ0n) is 21.6. The fourth-order valence-electron chi connectivity index (χ4n) is 6.72. The molecule has 3 N–H and O–H groups in total. The molecule has 1 aromatic heterocycles. The average molecular weight is 568 g/mol. The van der Waals surface area contributed by atoms with E-state index < -0.39 is 46.8 Å². The molecule has 13 heteroatoms. The molecular formula is C27H26FN5O6S. The van der Waals surface area contributed by atoms with Gasteiger partial charge in [0.15, 0.2) is 22.6 Å². The second kappa shape index (κ2) is 8.91. The molecule has 5 heterocycles. The number of aliphatic hydroxyl groups excluding tert-OH is 1. The third-order valence-corrected chi connectivity index (χ3v) is 9.55. The summed E-state index contributed by atoms with van der Waals surface area (Å²) in [6.45, 7) is 4.18. The number of urea groups is 1. The molecule has 3 saturated heterocycles. The van der Waals surface area contributed by atoms with Gasteiger partial charge >= 0.3 is 6.03 Å². The van der Waals surface area contributed by atoms with E-state index in [-0.39, 0.29) is 41.4 Å². The highest BCUT2D eigenvalue weighted by atomic mass is 32.2. The fraction of sp³-hybridized carbons (Fsp3) is 0.407. The van der Waals surface area contributed by atoms with Crippen LogP contribution in [0.4, 0.5) is 20.7 Å². The molecular weight excluding hydrogens is 541 g/mol. The molecule has 3 fully saturated rings. The van der Waals surface area contributed by atoms with E-state index in [1.54, 1.807) is 22.8 Å². The highest BCUT2D eigenvalue weighted by molar-refractivity contribution is 8.00. The summed E-state index contributed by atoms with van der Waals surface area (Å²) in [4.78, 5) is 42.2. The average Bonchev–Trinajstić information content (AvgIpc) is 3.50. The number of nitrogens with zero attached hydrogens (tertiary/aromatic N) is 3. The lowest BCUT2D eigenvalue weighted by Crippen LogP contribution is -2.75. The number of hydrogen-bond donors (Lipinski definition) is 3. The van der Waals surface area contributed by atoms with Gasteiger partial charge in [-0.05, 0) is 31.0 Å². The summed E-state index contributed by atoms with van der Waals surface area (Å²) in [5, 5.41) is 19.8. The van der Waals surface area contributed by atoms with E-state index in [0.29, 0.717) is 17.5 Å². The topological polar surface area (TPSA) is 137 Å². The summed E-state index contributed by atoms with van der Waals surface area (Å²) >= 11 is 1.35. The zero-order chi connectivity index (χ0) is 27.9. The molecule has 7 rings (SSSR count). The summed E-state index contributed by atoms with van der Waals surface area (Å²) < 4.78 is 27.9. The van der Waals surface area contributed by atoms with E-state index >= 15 is 4.39 Å². The highest BCUT2D eigenvalue weighted by Gasteiger charge is 2.63. The van der Waals surface area contributed by atoms with Crippen LogP contribution in [0.15, 0.2) is 40.9 Å². The number of amides is 4. The number of carbonyl (C=O) groups is 3. The van der Waals surface area contributed by atoms with Crippen LogP contribution in [0.2, 0.25) is 0 Å². The fourth-order valence-corrected chi connectivity index (χ4v) is 7.91. The van der Waals surface area contributed by atoms with Gasteiger partial charge in [-0.15, -0.1) is 0 Å². The Kier molecular flexibility index (Phi) is 5.64. The molecule has 11 nitrogen and oxygen atoms in total. The molecule has 4 aliphatic heterocycles. The van der Waals surface area contributed by atoms with Crippen molar-refractivity contribution in [3.05, 3.63) is 53.3 Å². The number of ether oxygens (including phenoxy) is 1. The monoisotopic (exact) mass is 567 g/mol. The molecule has 0 radical (unpaired) electrons. The van der Waals surface area contributed by atoms with E-state index in [1.165, 1.54) is 11.8 Å². The van der Waals surface area contributed by atoms with Gasteiger partial charge in [-0.3, -0.25) is 20.2 Å². The maximum atomic E-state index is 16.4.